The van der Waals surface area contributed by atoms with Gasteiger partial charge in [0, 0.05) is 51.6 Å². The second kappa shape index (κ2) is 12.6. The Morgan fingerprint density at radius 1 is 1.06 bits per heavy atom. The van der Waals surface area contributed by atoms with Gasteiger partial charge in [-0.15, -0.1) is 11.8 Å². The van der Waals surface area contributed by atoms with Gasteiger partial charge in [0.05, 0.1) is 37.6 Å². The molecule has 0 aromatic heterocycles. The Morgan fingerprint density at radius 2 is 1.85 bits per heavy atom. The zero-order chi connectivity index (χ0) is 40.5. The molecule has 1 spiro atoms. The van der Waals surface area contributed by atoms with Crippen molar-refractivity contribution in [2.24, 2.45) is 0 Å². The average molecular weight is 765 g/mol. The van der Waals surface area contributed by atoms with E-state index < -0.39 is 60.1 Å². The van der Waals surface area contributed by atoms with Gasteiger partial charge in [-0.05, 0) is 68.1 Å². The van der Waals surface area contributed by atoms with Crippen LogP contribution >= 0.6 is 11.8 Å². The molecule has 0 amide bonds. The summed E-state index contributed by atoms with van der Waals surface area (Å²) < 4.78 is 62.4. The van der Waals surface area contributed by atoms with E-state index in [0.29, 0.717) is 69.0 Å². The average Bonchev–Trinajstić information content (AvgIpc) is 3.65. The van der Waals surface area contributed by atoms with E-state index in [1.54, 1.807) is 30.9 Å². The summed E-state index contributed by atoms with van der Waals surface area (Å²) in [4.78, 5) is 30.8. The molecule has 7 aliphatic heterocycles. The highest BCUT2D eigenvalue weighted by Crippen LogP contribution is 2.64. The van der Waals surface area contributed by atoms with Crippen molar-refractivity contribution in [3.63, 3.8) is 0 Å². The Bertz CT molecular complexity index is 2240. The SMILES string of the molecule is [2H]C([2H])([2H])N1[C@@H]2c3c(cc(C)c(OC)c3O)C[C@H]1[C@H](O)N1[C@H]2[C@H]2SC[C@@]3(NCCc4cc(O)c(OC)cc43)C(=O)OC[C@H]1c1c3c(c(C)c(OC(C)=O)c12)OCO3. The zero-order valence-electron chi connectivity index (χ0n) is 33.3. The maximum Gasteiger partial charge on any atom is 0.331 e. The summed E-state index contributed by atoms with van der Waals surface area (Å²) in [5.74, 6) is -0.273. The van der Waals surface area contributed by atoms with E-state index in [-0.39, 0.29) is 54.3 Å². The van der Waals surface area contributed by atoms with Crippen molar-refractivity contribution in [3.8, 4) is 40.2 Å². The number of esters is 2. The van der Waals surface area contributed by atoms with Crippen molar-refractivity contribution < 1.29 is 57.4 Å². The number of methoxy groups -OCH3 is 2. The van der Waals surface area contributed by atoms with Crippen LogP contribution in [0.5, 0.6) is 40.2 Å². The lowest BCUT2D eigenvalue weighted by Gasteiger charge is -2.62. The molecule has 4 N–H and O–H groups in total. The molecule has 10 rings (SSSR count). The largest absolute Gasteiger partial charge is 0.504 e. The Balaban J connectivity index is 1.35. The van der Waals surface area contributed by atoms with E-state index >= 15 is 0 Å². The molecule has 3 aromatic rings. The molecule has 3 aromatic carbocycles. The van der Waals surface area contributed by atoms with Crippen LogP contribution in [0.1, 0.15) is 72.9 Å². The topological polar surface area (TPSA) is 169 Å². The third kappa shape index (κ3) is 4.74. The van der Waals surface area contributed by atoms with Crippen LogP contribution in [0.4, 0.5) is 0 Å². The number of aryl methyl sites for hydroxylation is 1. The molecule has 0 saturated carbocycles. The summed E-state index contributed by atoms with van der Waals surface area (Å²) in [5.41, 5.74) is 2.89. The zero-order valence-corrected chi connectivity index (χ0v) is 31.2. The lowest BCUT2D eigenvalue weighted by atomic mass is 9.73. The standard InChI is InChI=1S/C39H43N3O11S/c1-16-9-20-10-22-37(46)42-23-13-50-38(47)39(21-12-25(48-5)24(44)11-19(21)7-8-40-39)14-54-36(30(42)29(41(22)4)26(20)31(45)32(16)49-6)28-27(23)35-34(51-15-52-35)17(2)33(28)53-18(3)43/h9,11-12,22-23,29-30,36-37,40,44-46H,7-8,10,13-15H2,1-6H3/t22-,23-,29+,30+,36-,37-,39-/m0/s1/i4D3. The van der Waals surface area contributed by atoms with Crippen molar-refractivity contribution in [3.05, 3.63) is 62.7 Å². The van der Waals surface area contributed by atoms with Gasteiger partial charge < -0.3 is 43.7 Å². The third-order valence-corrected chi connectivity index (χ3v) is 13.4. The number of aliphatic hydroxyl groups excluding tert-OH is 1. The van der Waals surface area contributed by atoms with Gasteiger partial charge >= 0.3 is 11.9 Å². The summed E-state index contributed by atoms with van der Waals surface area (Å²) in [6, 6.07) is 1.04. The van der Waals surface area contributed by atoms with E-state index in [9.17, 15) is 24.9 Å². The monoisotopic (exact) mass is 764 g/mol. The van der Waals surface area contributed by atoms with Crippen LogP contribution in [0.2, 0.25) is 0 Å². The van der Waals surface area contributed by atoms with Crippen molar-refractivity contribution in [2.45, 2.75) is 74.8 Å². The summed E-state index contributed by atoms with van der Waals surface area (Å²) in [7, 11) is 2.86. The maximum atomic E-state index is 14.7. The third-order valence-electron chi connectivity index (χ3n) is 12.0. The van der Waals surface area contributed by atoms with E-state index in [1.807, 2.05) is 6.07 Å². The maximum absolute atomic E-state index is 14.7. The highest BCUT2D eigenvalue weighted by molar-refractivity contribution is 7.99. The van der Waals surface area contributed by atoms with E-state index in [4.69, 9.17) is 32.5 Å². The number of carbonyl (C=O) groups is 2. The van der Waals surface area contributed by atoms with Crippen molar-refractivity contribution >= 4 is 23.7 Å². The number of fused-ring (bicyclic) bond motifs is 9. The lowest BCUT2D eigenvalue weighted by Crippen LogP contribution is -2.70. The number of rotatable bonds is 3. The summed E-state index contributed by atoms with van der Waals surface area (Å²) in [6.07, 6.45) is -0.861. The molecular weight excluding hydrogens is 719 g/mol. The quantitative estimate of drug-likeness (QED) is 0.226. The fourth-order valence-electron chi connectivity index (χ4n) is 9.74. The van der Waals surface area contributed by atoms with Crippen LogP contribution in [0.3, 0.4) is 0 Å². The first-order valence-corrected chi connectivity index (χ1v) is 18.9. The van der Waals surface area contributed by atoms with Crippen molar-refractivity contribution in [1.82, 2.24) is 15.1 Å². The molecule has 14 nitrogen and oxygen atoms in total. The molecule has 7 heterocycles. The fraction of sp³-hybridized carbons (Fsp3) is 0.487. The number of aromatic hydroxyl groups is 2. The van der Waals surface area contributed by atoms with Gasteiger partial charge in [0.15, 0.2) is 40.0 Å². The Morgan fingerprint density at radius 3 is 2.59 bits per heavy atom. The minimum Gasteiger partial charge on any atom is -0.504 e. The normalized spacial score (nSPS) is 30.5. The smallest absolute Gasteiger partial charge is 0.331 e. The molecule has 2 saturated heterocycles. The molecule has 0 aliphatic carbocycles. The predicted molar refractivity (Wildman–Crippen MR) is 195 cm³/mol. The number of carbonyl (C=O) groups excluding carboxylic acids is 2. The molecule has 15 heteroatoms. The van der Waals surface area contributed by atoms with Crippen LogP contribution < -0.4 is 29.0 Å². The molecular formula is C39H43N3O11S. The van der Waals surface area contributed by atoms with Crippen LogP contribution in [0.15, 0.2) is 18.2 Å². The van der Waals surface area contributed by atoms with Gasteiger partial charge in [-0.3, -0.25) is 19.9 Å². The van der Waals surface area contributed by atoms with E-state index in [0.717, 1.165) is 0 Å². The molecule has 54 heavy (non-hydrogen) atoms. The first kappa shape index (κ1) is 31.9. The van der Waals surface area contributed by atoms with Crippen LogP contribution in [-0.2, 0) is 32.7 Å². The molecule has 4 bridgehead atoms. The number of thioether (sulfide) groups is 1. The second-order valence-corrected chi connectivity index (χ2v) is 15.8. The van der Waals surface area contributed by atoms with Gasteiger partial charge in [0.2, 0.25) is 6.79 Å². The second-order valence-electron chi connectivity index (χ2n) is 14.7. The molecule has 2 fully saturated rings. The number of phenolic OH excluding ortho intramolecular Hbond substituents is 2. The Labute approximate surface area is 320 Å². The van der Waals surface area contributed by atoms with Crippen LogP contribution in [0, 0.1) is 13.8 Å². The summed E-state index contributed by atoms with van der Waals surface area (Å²) in [5, 5.41) is 38.1. The number of aliphatic hydroxyl groups is 1. The highest BCUT2D eigenvalue weighted by atomic mass is 32.2. The predicted octanol–water partition coefficient (Wildman–Crippen LogP) is 3.41. The number of hydrogen-bond donors (Lipinski definition) is 4. The highest BCUT2D eigenvalue weighted by Gasteiger charge is 2.61. The van der Waals surface area contributed by atoms with Gasteiger partial charge in [0.25, 0.3) is 0 Å². The minimum atomic E-state index is -2.76. The van der Waals surface area contributed by atoms with Crippen molar-refractivity contribution in [2.75, 3.05) is 46.9 Å². The number of nitrogens with one attached hydrogen (secondary N) is 1. The van der Waals surface area contributed by atoms with Gasteiger partial charge in [0.1, 0.15) is 18.6 Å². The lowest BCUT2D eigenvalue weighted by molar-refractivity contribution is -0.186. The molecule has 7 aliphatic rings. The number of benzene rings is 3. The molecule has 7 atom stereocenters. The first-order chi connectivity index (χ1) is 27.1. The number of piperazine rings is 1. The van der Waals surface area contributed by atoms with E-state index in [1.165, 1.54) is 37.8 Å². The first-order valence-electron chi connectivity index (χ1n) is 19.3. The number of likely N-dealkylation sites (N-methyl/N-ethyl adjacent to an activating group) is 1. The van der Waals surface area contributed by atoms with Gasteiger partial charge in [-0.1, -0.05) is 6.07 Å². The number of hydrogen-bond acceptors (Lipinski definition) is 15. The summed E-state index contributed by atoms with van der Waals surface area (Å²) in [6.45, 7) is 1.95. The number of ether oxygens (including phenoxy) is 6. The van der Waals surface area contributed by atoms with Crippen LogP contribution in [-0.4, -0.2) is 102 Å². The van der Waals surface area contributed by atoms with Gasteiger partial charge in [-0.25, -0.2) is 4.79 Å². The van der Waals surface area contributed by atoms with Crippen molar-refractivity contribution in [1.29, 1.82) is 0 Å². The van der Waals surface area contributed by atoms with E-state index in [2.05, 4.69) is 5.32 Å². The minimum absolute atomic E-state index is 0.00501. The van der Waals surface area contributed by atoms with Crippen LogP contribution in [0.25, 0.3) is 0 Å². The Hall–Kier alpha value is -4.41. The fourth-order valence-corrected chi connectivity index (χ4v) is 11.4. The summed E-state index contributed by atoms with van der Waals surface area (Å²) >= 11 is 1.29. The molecule has 0 unspecified atom stereocenters. The van der Waals surface area contributed by atoms with Gasteiger partial charge in [-0.2, -0.15) is 0 Å². The number of phenols is 2. The number of nitrogens with zero attached hydrogens (tertiary/aromatic N) is 2. The Kier molecular flexibility index (Phi) is 7.42. The molecule has 286 valence electrons. The molecule has 0 radical (unpaired) electrons.